The second-order valence-corrected chi connectivity index (χ2v) is 7.79. The second-order valence-electron chi connectivity index (χ2n) is 7.79. The SMILES string of the molecule is N#Cc1ccc(C2N=Nc3cnc(Nc4cccc(C(N)=O)c4)nc32)cc1OCc1ccccc1. The van der Waals surface area contributed by atoms with Gasteiger partial charge in [-0.3, -0.25) is 4.79 Å². The molecule has 1 aliphatic rings. The Morgan fingerprint density at radius 3 is 2.74 bits per heavy atom. The molecular weight excluding hydrogens is 442 g/mol. The summed E-state index contributed by atoms with van der Waals surface area (Å²) in [4.78, 5) is 20.4. The van der Waals surface area contributed by atoms with E-state index in [0.717, 1.165) is 11.1 Å². The van der Waals surface area contributed by atoms with E-state index in [4.69, 9.17) is 10.5 Å². The zero-order valence-corrected chi connectivity index (χ0v) is 18.4. The van der Waals surface area contributed by atoms with E-state index in [1.807, 2.05) is 36.4 Å². The molecule has 0 fully saturated rings. The normalized spacial score (nSPS) is 13.6. The highest BCUT2D eigenvalue weighted by molar-refractivity contribution is 5.93. The van der Waals surface area contributed by atoms with Crippen LogP contribution in [0.15, 0.2) is 89.2 Å². The molecule has 0 saturated carbocycles. The summed E-state index contributed by atoms with van der Waals surface area (Å²) in [6.45, 7) is 0.336. The molecule has 0 saturated heterocycles. The molecule has 9 heteroatoms. The van der Waals surface area contributed by atoms with Crippen molar-refractivity contribution in [3.05, 3.63) is 107 Å². The summed E-state index contributed by atoms with van der Waals surface area (Å²) in [7, 11) is 0. The van der Waals surface area contributed by atoms with Crippen LogP contribution in [0.3, 0.4) is 0 Å². The molecule has 0 bridgehead atoms. The number of nitrogens with two attached hydrogens (primary N) is 1. The Morgan fingerprint density at radius 2 is 1.94 bits per heavy atom. The standard InChI is InChI=1S/C26H19N7O2/c27-13-19-10-9-17(12-22(19)35-15-16-5-2-1-3-6-16)23-24-21(32-33-23)14-29-26(31-24)30-20-8-4-7-18(11-20)25(28)34/h1-12,14,23H,15H2,(H2,28,34)(H,29,30,31). The van der Waals surface area contributed by atoms with E-state index in [1.165, 1.54) is 0 Å². The Bertz CT molecular complexity index is 1480. The van der Waals surface area contributed by atoms with Crippen molar-refractivity contribution in [1.29, 1.82) is 5.26 Å². The van der Waals surface area contributed by atoms with Crippen molar-refractivity contribution in [2.75, 3.05) is 5.32 Å². The van der Waals surface area contributed by atoms with Crippen LogP contribution in [-0.2, 0) is 6.61 Å². The fourth-order valence-corrected chi connectivity index (χ4v) is 3.66. The average Bonchev–Trinajstić information content (AvgIpc) is 3.31. The molecule has 1 amide bonds. The molecule has 5 rings (SSSR count). The predicted molar refractivity (Wildman–Crippen MR) is 129 cm³/mol. The van der Waals surface area contributed by atoms with E-state index in [0.29, 0.717) is 46.5 Å². The van der Waals surface area contributed by atoms with Gasteiger partial charge in [-0.25, -0.2) is 9.97 Å². The smallest absolute Gasteiger partial charge is 0.248 e. The van der Waals surface area contributed by atoms with Crippen molar-refractivity contribution in [3.8, 4) is 11.8 Å². The van der Waals surface area contributed by atoms with Gasteiger partial charge in [-0.15, -0.1) is 0 Å². The number of aromatic nitrogens is 2. The van der Waals surface area contributed by atoms with Crippen LogP contribution < -0.4 is 15.8 Å². The van der Waals surface area contributed by atoms with Crippen molar-refractivity contribution in [3.63, 3.8) is 0 Å². The Labute approximate surface area is 201 Å². The van der Waals surface area contributed by atoms with Gasteiger partial charge in [-0.2, -0.15) is 15.5 Å². The molecule has 35 heavy (non-hydrogen) atoms. The van der Waals surface area contributed by atoms with Gasteiger partial charge in [0, 0.05) is 11.3 Å². The fourth-order valence-electron chi connectivity index (χ4n) is 3.66. The molecule has 4 aromatic rings. The molecule has 0 spiro atoms. The molecule has 2 heterocycles. The average molecular weight is 461 g/mol. The van der Waals surface area contributed by atoms with Crippen LogP contribution in [0.1, 0.15) is 38.8 Å². The van der Waals surface area contributed by atoms with Gasteiger partial charge < -0.3 is 15.8 Å². The van der Waals surface area contributed by atoms with Crippen molar-refractivity contribution in [2.45, 2.75) is 12.6 Å². The number of rotatable bonds is 7. The molecule has 3 N–H and O–H groups in total. The lowest BCUT2D eigenvalue weighted by Crippen LogP contribution is -2.11. The van der Waals surface area contributed by atoms with Crippen molar-refractivity contribution in [2.24, 2.45) is 16.0 Å². The number of nitrogens with one attached hydrogen (secondary N) is 1. The molecule has 0 aliphatic carbocycles. The minimum atomic E-state index is -0.521. The molecule has 1 unspecified atom stereocenters. The van der Waals surface area contributed by atoms with Gasteiger partial charge in [0.15, 0.2) is 0 Å². The molecule has 0 radical (unpaired) electrons. The van der Waals surface area contributed by atoms with Gasteiger partial charge in [-0.05, 0) is 41.5 Å². The maximum atomic E-state index is 11.5. The lowest BCUT2D eigenvalue weighted by atomic mass is 10.0. The number of anilines is 2. The maximum Gasteiger partial charge on any atom is 0.248 e. The van der Waals surface area contributed by atoms with Crippen molar-refractivity contribution >= 4 is 23.2 Å². The quantitative estimate of drug-likeness (QED) is 0.399. The van der Waals surface area contributed by atoms with Crippen LogP contribution in [0, 0.1) is 11.3 Å². The molecular formula is C26H19N7O2. The topological polar surface area (TPSA) is 139 Å². The Hall–Kier alpha value is -5.10. The van der Waals surface area contributed by atoms with Gasteiger partial charge in [-0.1, -0.05) is 42.5 Å². The van der Waals surface area contributed by atoms with Gasteiger partial charge in [0.1, 0.15) is 35.8 Å². The Morgan fingerprint density at radius 1 is 1.09 bits per heavy atom. The number of hydrogen-bond acceptors (Lipinski definition) is 8. The van der Waals surface area contributed by atoms with Gasteiger partial charge in [0.25, 0.3) is 0 Å². The van der Waals surface area contributed by atoms with Crippen LogP contribution >= 0.6 is 0 Å². The number of benzene rings is 3. The molecule has 170 valence electrons. The van der Waals surface area contributed by atoms with Crippen LogP contribution in [0.25, 0.3) is 0 Å². The number of hydrogen-bond donors (Lipinski definition) is 2. The highest BCUT2D eigenvalue weighted by Crippen LogP contribution is 2.40. The lowest BCUT2D eigenvalue weighted by molar-refractivity contribution is 0.100. The predicted octanol–water partition coefficient (Wildman–Crippen LogP) is 4.96. The molecule has 3 aromatic carbocycles. The number of ether oxygens (including phenoxy) is 1. The van der Waals surface area contributed by atoms with Crippen LogP contribution in [0.5, 0.6) is 5.75 Å². The summed E-state index contributed by atoms with van der Waals surface area (Å²) in [6.07, 6.45) is 1.59. The largest absolute Gasteiger partial charge is 0.488 e. The third kappa shape index (κ3) is 4.67. The second kappa shape index (κ2) is 9.41. The molecule has 9 nitrogen and oxygen atoms in total. The van der Waals surface area contributed by atoms with E-state index in [9.17, 15) is 10.1 Å². The molecule has 1 atom stereocenters. The number of amides is 1. The summed E-state index contributed by atoms with van der Waals surface area (Å²) in [5, 5.41) is 21.2. The summed E-state index contributed by atoms with van der Waals surface area (Å²) < 4.78 is 5.96. The summed E-state index contributed by atoms with van der Waals surface area (Å²) >= 11 is 0. The van der Waals surface area contributed by atoms with Crippen LogP contribution in [0.2, 0.25) is 0 Å². The highest BCUT2D eigenvalue weighted by Gasteiger charge is 2.26. The third-order valence-corrected chi connectivity index (χ3v) is 5.42. The zero-order chi connectivity index (χ0) is 24.2. The van der Waals surface area contributed by atoms with Gasteiger partial charge in [0.2, 0.25) is 11.9 Å². The zero-order valence-electron chi connectivity index (χ0n) is 18.4. The molecule has 1 aliphatic heterocycles. The summed E-state index contributed by atoms with van der Waals surface area (Å²) in [6, 6.07) is 23.5. The Balaban J connectivity index is 1.40. The van der Waals surface area contributed by atoms with Crippen LogP contribution in [-0.4, -0.2) is 15.9 Å². The van der Waals surface area contributed by atoms with Gasteiger partial charge >= 0.3 is 0 Å². The summed E-state index contributed by atoms with van der Waals surface area (Å²) in [5.74, 6) is 0.275. The van der Waals surface area contributed by atoms with Gasteiger partial charge in [0.05, 0.1) is 11.8 Å². The minimum absolute atomic E-state index is 0.330. The van der Waals surface area contributed by atoms with Crippen LogP contribution in [0.4, 0.5) is 17.3 Å². The fraction of sp³-hybridized carbons (Fsp3) is 0.0769. The number of fused-ring (bicyclic) bond motifs is 1. The number of carbonyl (C=O) groups is 1. The monoisotopic (exact) mass is 461 g/mol. The Kier molecular flexibility index (Phi) is 5.84. The van der Waals surface area contributed by atoms with E-state index in [-0.39, 0.29) is 0 Å². The van der Waals surface area contributed by atoms with E-state index in [2.05, 4.69) is 31.6 Å². The molecule has 1 aromatic heterocycles. The van der Waals surface area contributed by atoms with Crippen molar-refractivity contribution in [1.82, 2.24) is 9.97 Å². The number of nitrogens with zero attached hydrogens (tertiary/aromatic N) is 5. The first kappa shape index (κ1) is 21.7. The minimum Gasteiger partial charge on any atom is -0.488 e. The maximum absolute atomic E-state index is 11.5. The highest BCUT2D eigenvalue weighted by atomic mass is 16.5. The van der Waals surface area contributed by atoms with E-state index < -0.39 is 11.9 Å². The first-order chi connectivity index (χ1) is 17.1. The number of primary amides is 1. The number of nitriles is 1. The van der Waals surface area contributed by atoms with E-state index >= 15 is 0 Å². The first-order valence-corrected chi connectivity index (χ1v) is 10.8. The lowest BCUT2D eigenvalue weighted by Gasteiger charge is -2.13. The third-order valence-electron chi connectivity index (χ3n) is 5.42. The van der Waals surface area contributed by atoms with Crippen molar-refractivity contribution < 1.29 is 9.53 Å². The summed E-state index contributed by atoms with van der Waals surface area (Å²) in [5.41, 5.74) is 9.76. The number of carbonyl (C=O) groups excluding carboxylic acids is 1. The number of azo groups is 1. The van der Waals surface area contributed by atoms with E-state index in [1.54, 1.807) is 42.6 Å². The first-order valence-electron chi connectivity index (χ1n) is 10.8.